The number of aryl methyl sites for hydroxylation is 1. The van der Waals surface area contributed by atoms with E-state index in [0.29, 0.717) is 5.69 Å². The molecule has 2 rings (SSSR count). The molecular weight excluding hydrogens is 174 g/mol. The molecule has 0 spiro atoms. The van der Waals surface area contributed by atoms with Crippen LogP contribution in [0.5, 0.6) is 0 Å². The van der Waals surface area contributed by atoms with Gasteiger partial charge in [-0.1, -0.05) is 23.8 Å². The van der Waals surface area contributed by atoms with E-state index < -0.39 is 0 Å². The third kappa shape index (κ3) is 1.50. The Hall–Kier alpha value is -2.08. The summed E-state index contributed by atoms with van der Waals surface area (Å²) in [6.07, 6.45) is 1.54. The molecule has 1 heterocycles. The van der Waals surface area contributed by atoms with Crippen LogP contribution in [0.25, 0.3) is 11.4 Å². The Bertz CT molecular complexity index is 491. The van der Waals surface area contributed by atoms with Gasteiger partial charge in [0, 0.05) is 5.56 Å². The van der Waals surface area contributed by atoms with E-state index in [4.69, 9.17) is 5.26 Å². The summed E-state index contributed by atoms with van der Waals surface area (Å²) in [6, 6.07) is 10.0. The summed E-state index contributed by atoms with van der Waals surface area (Å²) in [5, 5.41) is 8.63. The lowest BCUT2D eigenvalue weighted by Gasteiger charge is -1.97. The van der Waals surface area contributed by atoms with E-state index in [2.05, 4.69) is 9.97 Å². The summed E-state index contributed by atoms with van der Waals surface area (Å²) < 4.78 is 0. The van der Waals surface area contributed by atoms with Crippen molar-refractivity contribution in [2.75, 3.05) is 0 Å². The number of rotatable bonds is 1. The molecule has 1 aromatic carbocycles. The van der Waals surface area contributed by atoms with Crippen molar-refractivity contribution in [3.63, 3.8) is 0 Å². The highest BCUT2D eigenvalue weighted by molar-refractivity contribution is 5.56. The van der Waals surface area contributed by atoms with Crippen molar-refractivity contribution in [2.24, 2.45) is 0 Å². The molecule has 0 unspecified atom stereocenters. The minimum absolute atomic E-state index is 0.488. The van der Waals surface area contributed by atoms with Crippen molar-refractivity contribution in [2.45, 2.75) is 6.92 Å². The summed E-state index contributed by atoms with van der Waals surface area (Å²) in [6.45, 7) is 2.03. The van der Waals surface area contributed by atoms with Gasteiger partial charge in [0.25, 0.3) is 0 Å². The fourth-order valence-electron chi connectivity index (χ4n) is 1.32. The summed E-state index contributed by atoms with van der Waals surface area (Å²) in [7, 11) is 0. The number of hydrogen-bond donors (Lipinski definition) is 1. The van der Waals surface area contributed by atoms with Crippen LogP contribution in [0, 0.1) is 18.3 Å². The molecule has 14 heavy (non-hydrogen) atoms. The first kappa shape index (κ1) is 8.52. The zero-order valence-electron chi connectivity index (χ0n) is 7.78. The van der Waals surface area contributed by atoms with Crippen molar-refractivity contribution >= 4 is 0 Å². The molecule has 3 heteroatoms. The average molecular weight is 183 g/mol. The number of H-pyrrole nitrogens is 1. The molecule has 0 aliphatic rings. The SMILES string of the molecule is Cc1cccc(-c2ncc(C#N)[nH]2)c1. The third-order valence-corrected chi connectivity index (χ3v) is 1.99. The first-order valence-electron chi connectivity index (χ1n) is 4.32. The number of imidazole rings is 1. The predicted octanol–water partition coefficient (Wildman–Crippen LogP) is 2.26. The molecule has 0 bridgehead atoms. The average Bonchev–Trinajstić information content (AvgIpc) is 2.66. The maximum Gasteiger partial charge on any atom is 0.138 e. The van der Waals surface area contributed by atoms with Crippen LogP contribution in [0.1, 0.15) is 11.3 Å². The van der Waals surface area contributed by atoms with Crippen LogP contribution in [0.2, 0.25) is 0 Å². The van der Waals surface area contributed by atoms with Gasteiger partial charge in [-0.05, 0) is 13.0 Å². The molecule has 1 aromatic heterocycles. The number of benzene rings is 1. The molecule has 2 aromatic rings. The second kappa shape index (κ2) is 3.35. The van der Waals surface area contributed by atoms with Gasteiger partial charge in [0.15, 0.2) is 0 Å². The van der Waals surface area contributed by atoms with Crippen molar-refractivity contribution in [1.82, 2.24) is 9.97 Å². The molecular formula is C11H9N3. The van der Waals surface area contributed by atoms with Crippen LogP contribution in [0.15, 0.2) is 30.5 Å². The number of nitrogens with one attached hydrogen (secondary N) is 1. The largest absolute Gasteiger partial charge is 0.330 e. The van der Waals surface area contributed by atoms with E-state index in [1.807, 2.05) is 37.3 Å². The van der Waals surface area contributed by atoms with Crippen molar-refractivity contribution in [1.29, 1.82) is 5.26 Å². The highest BCUT2D eigenvalue weighted by Crippen LogP contribution is 2.16. The lowest BCUT2D eigenvalue weighted by Crippen LogP contribution is -1.81. The quantitative estimate of drug-likeness (QED) is 0.737. The minimum Gasteiger partial charge on any atom is -0.330 e. The Morgan fingerprint density at radius 2 is 2.29 bits per heavy atom. The third-order valence-electron chi connectivity index (χ3n) is 1.99. The second-order valence-electron chi connectivity index (χ2n) is 3.13. The molecule has 0 atom stereocenters. The van der Waals surface area contributed by atoms with Crippen molar-refractivity contribution in [3.05, 3.63) is 41.7 Å². The minimum atomic E-state index is 0.488. The lowest BCUT2D eigenvalue weighted by molar-refractivity contribution is 1.28. The van der Waals surface area contributed by atoms with Gasteiger partial charge in [0.2, 0.25) is 0 Å². The maximum absolute atomic E-state index is 8.63. The molecule has 68 valence electrons. The van der Waals surface area contributed by atoms with Gasteiger partial charge in [-0.2, -0.15) is 5.26 Å². The first-order valence-corrected chi connectivity index (χ1v) is 4.32. The van der Waals surface area contributed by atoms with E-state index in [-0.39, 0.29) is 0 Å². The van der Waals surface area contributed by atoms with Crippen molar-refractivity contribution in [3.8, 4) is 17.5 Å². The van der Waals surface area contributed by atoms with Gasteiger partial charge < -0.3 is 4.98 Å². The van der Waals surface area contributed by atoms with Gasteiger partial charge in [-0.15, -0.1) is 0 Å². The maximum atomic E-state index is 8.63. The number of nitriles is 1. The second-order valence-corrected chi connectivity index (χ2v) is 3.13. The predicted molar refractivity (Wildman–Crippen MR) is 53.5 cm³/mol. The molecule has 0 fully saturated rings. The topological polar surface area (TPSA) is 52.5 Å². The standard InChI is InChI=1S/C11H9N3/c1-8-3-2-4-9(5-8)11-13-7-10(6-12)14-11/h2-5,7H,1H3,(H,13,14). The monoisotopic (exact) mass is 183 g/mol. The van der Waals surface area contributed by atoms with E-state index in [1.54, 1.807) is 0 Å². The number of aromatic amines is 1. The summed E-state index contributed by atoms with van der Waals surface area (Å²) in [5.41, 5.74) is 2.67. The van der Waals surface area contributed by atoms with Gasteiger partial charge in [-0.25, -0.2) is 4.98 Å². The Morgan fingerprint density at radius 1 is 1.43 bits per heavy atom. The van der Waals surface area contributed by atoms with Crippen LogP contribution in [0.3, 0.4) is 0 Å². The Balaban J connectivity index is 2.45. The van der Waals surface area contributed by atoms with E-state index >= 15 is 0 Å². The lowest BCUT2D eigenvalue weighted by atomic mass is 10.1. The van der Waals surface area contributed by atoms with E-state index in [0.717, 1.165) is 11.4 Å². The summed E-state index contributed by atoms with van der Waals surface area (Å²) in [4.78, 5) is 7.05. The number of aromatic nitrogens is 2. The van der Waals surface area contributed by atoms with Crippen molar-refractivity contribution < 1.29 is 0 Å². The zero-order chi connectivity index (χ0) is 9.97. The Morgan fingerprint density at radius 3 is 2.93 bits per heavy atom. The zero-order valence-corrected chi connectivity index (χ0v) is 7.78. The summed E-state index contributed by atoms with van der Waals surface area (Å²) >= 11 is 0. The van der Waals surface area contributed by atoms with Crippen LogP contribution in [0.4, 0.5) is 0 Å². The van der Waals surface area contributed by atoms with Crippen LogP contribution in [-0.2, 0) is 0 Å². The van der Waals surface area contributed by atoms with Crippen LogP contribution in [-0.4, -0.2) is 9.97 Å². The highest BCUT2D eigenvalue weighted by Gasteiger charge is 2.02. The van der Waals surface area contributed by atoms with Crippen LogP contribution < -0.4 is 0 Å². The van der Waals surface area contributed by atoms with Gasteiger partial charge >= 0.3 is 0 Å². The molecule has 3 nitrogen and oxygen atoms in total. The van der Waals surface area contributed by atoms with Gasteiger partial charge in [-0.3, -0.25) is 0 Å². The Labute approximate surface area is 82.0 Å². The molecule has 0 radical (unpaired) electrons. The fraction of sp³-hybridized carbons (Fsp3) is 0.0909. The molecule has 1 N–H and O–H groups in total. The van der Waals surface area contributed by atoms with Gasteiger partial charge in [0.05, 0.1) is 6.20 Å². The molecule has 0 amide bonds. The first-order chi connectivity index (χ1) is 6.79. The highest BCUT2D eigenvalue weighted by atomic mass is 14.9. The number of hydrogen-bond acceptors (Lipinski definition) is 2. The summed E-state index contributed by atoms with van der Waals surface area (Å²) in [5.74, 6) is 0.741. The molecule has 0 saturated heterocycles. The van der Waals surface area contributed by atoms with Crippen LogP contribution >= 0.6 is 0 Å². The molecule has 0 aliphatic carbocycles. The fourth-order valence-corrected chi connectivity index (χ4v) is 1.32. The normalized spacial score (nSPS) is 9.71. The van der Waals surface area contributed by atoms with E-state index in [1.165, 1.54) is 11.8 Å². The molecule has 0 aliphatic heterocycles. The molecule has 0 saturated carbocycles. The Kier molecular flexibility index (Phi) is 2.04. The number of nitrogens with zero attached hydrogens (tertiary/aromatic N) is 2. The van der Waals surface area contributed by atoms with Gasteiger partial charge in [0.1, 0.15) is 17.6 Å². The smallest absolute Gasteiger partial charge is 0.138 e. The van der Waals surface area contributed by atoms with E-state index in [9.17, 15) is 0 Å².